The van der Waals surface area contributed by atoms with Gasteiger partial charge in [-0.1, -0.05) is 20.8 Å². The van der Waals surface area contributed by atoms with Crippen LogP contribution in [-0.2, 0) is 16.6 Å². The molecule has 0 bridgehead atoms. The number of aromatic nitrogens is 1. The summed E-state index contributed by atoms with van der Waals surface area (Å²) in [7, 11) is 1.73. The van der Waals surface area contributed by atoms with E-state index in [2.05, 4.69) is 5.32 Å². The number of benzene rings is 1. The molecule has 1 heterocycles. The summed E-state index contributed by atoms with van der Waals surface area (Å²) in [5.74, 6) is -0.963. The van der Waals surface area contributed by atoms with Gasteiger partial charge in [0.1, 0.15) is 5.69 Å². The van der Waals surface area contributed by atoms with Crippen LogP contribution in [-0.4, -0.2) is 28.3 Å². The second-order valence-corrected chi connectivity index (χ2v) is 7.20. The Hall–Kier alpha value is -2.89. The highest BCUT2D eigenvalue weighted by molar-refractivity contribution is 6.02. The number of esters is 1. The van der Waals surface area contributed by atoms with E-state index < -0.39 is 17.5 Å². The molecule has 0 radical (unpaired) electrons. The van der Waals surface area contributed by atoms with Crippen LogP contribution >= 0.6 is 0 Å². The molecule has 0 aliphatic heterocycles. The van der Waals surface area contributed by atoms with Crippen molar-refractivity contribution in [1.82, 2.24) is 4.57 Å². The van der Waals surface area contributed by atoms with Crippen molar-refractivity contribution in [3.8, 4) is 0 Å². The van der Waals surface area contributed by atoms with Crippen LogP contribution in [0.3, 0.4) is 0 Å². The van der Waals surface area contributed by atoms with Crippen LogP contribution in [0, 0.1) is 5.41 Å². The molecule has 0 spiro atoms. The SMILES string of the molecule is C[C@@H](OC(=O)c1cccn1C)C(=O)c1ccc(NC(=O)C(C)(C)C)cc1. The molecule has 1 atom stereocenters. The van der Waals surface area contributed by atoms with E-state index >= 15 is 0 Å². The van der Waals surface area contributed by atoms with Gasteiger partial charge in [-0.3, -0.25) is 9.59 Å². The van der Waals surface area contributed by atoms with Gasteiger partial charge in [-0.25, -0.2) is 4.79 Å². The molecule has 1 aromatic carbocycles. The lowest BCUT2D eigenvalue weighted by atomic mass is 9.95. The molecular weight excluding hydrogens is 332 g/mol. The second kappa shape index (κ2) is 7.56. The summed E-state index contributed by atoms with van der Waals surface area (Å²) in [4.78, 5) is 36.5. The second-order valence-electron chi connectivity index (χ2n) is 7.20. The average molecular weight is 356 g/mol. The predicted molar refractivity (Wildman–Crippen MR) is 99.1 cm³/mol. The summed E-state index contributed by atoms with van der Waals surface area (Å²) in [5.41, 5.74) is 0.888. The summed E-state index contributed by atoms with van der Waals surface area (Å²) >= 11 is 0. The zero-order valence-electron chi connectivity index (χ0n) is 15.7. The van der Waals surface area contributed by atoms with Gasteiger partial charge in [0.25, 0.3) is 0 Å². The van der Waals surface area contributed by atoms with Crippen LogP contribution in [0.4, 0.5) is 5.69 Å². The number of ketones is 1. The molecule has 2 rings (SSSR count). The fourth-order valence-corrected chi connectivity index (χ4v) is 2.22. The molecule has 0 fully saturated rings. The Morgan fingerprint density at radius 3 is 2.19 bits per heavy atom. The van der Waals surface area contributed by atoms with E-state index in [0.29, 0.717) is 16.9 Å². The highest BCUT2D eigenvalue weighted by atomic mass is 16.5. The normalized spacial score (nSPS) is 12.3. The Balaban J connectivity index is 2.02. The highest BCUT2D eigenvalue weighted by Gasteiger charge is 2.23. The lowest BCUT2D eigenvalue weighted by Crippen LogP contribution is -2.27. The Labute approximate surface area is 153 Å². The van der Waals surface area contributed by atoms with E-state index in [-0.39, 0.29) is 11.7 Å². The molecule has 1 aromatic heterocycles. The Morgan fingerprint density at radius 1 is 1.08 bits per heavy atom. The van der Waals surface area contributed by atoms with Gasteiger partial charge in [0.15, 0.2) is 6.10 Å². The first-order chi connectivity index (χ1) is 12.1. The number of Topliss-reactive ketones (excluding diaryl/α,β-unsaturated/α-hetero) is 1. The van der Waals surface area contributed by atoms with Crippen LogP contribution in [0.1, 0.15) is 48.5 Å². The van der Waals surface area contributed by atoms with Crippen molar-refractivity contribution in [2.45, 2.75) is 33.8 Å². The number of carbonyl (C=O) groups is 3. The number of nitrogens with zero attached hydrogens (tertiary/aromatic N) is 1. The average Bonchev–Trinajstić information content (AvgIpc) is 3.00. The number of aryl methyl sites for hydroxylation is 1. The third-order valence-electron chi connectivity index (χ3n) is 3.91. The van der Waals surface area contributed by atoms with Crippen LogP contribution in [0.2, 0.25) is 0 Å². The standard InChI is InChI=1S/C20H24N2O4/c1-13(26-18(24)16-7-6-12-22(16)5)17(23)14-8-10-15(11-9-14)21-19(25)20(2,3)4/h6-13H,1-5H3,(H,21,25)/t13-/m1/s1. The molecule has 26 heavy (non-hydrogen) atoms. The fourth-order valence-electron chi connectivity index (χ4n) is 2.22. The third kappa shape index (κ3) is 4.59. The van der Waals surface area contributed by atoms with Crippen molar-refractivity contribution in [2.75, 3.05) is 5.32 Å². The quantitative estimate of drug-likeness (QED) is 0.658. The first-order valence-electron chi connectivity index (χ1n) is 8.37. The lowest BCUT2D eigenvalue weighted by Gasteiger charge is -2.18. The van der Waals surface area contributed by atoms with E-state index in [0.717, 1.165) is 0 Å². The van der Waals surface area contributed by atoms with Gasteiger partial charge in [-0.15, -0.1) is 0 Å². The van der Waals surface area contributed by atoms with Crippen LogP contribution in [0.15, 0.2) is 42.6 Å². The minimum Gasteiger partial charge on any atom is -0.450 e. The molecule has 2 aromatic rings. The van der Waals surface area contributed by atoms with Crippen LogP contribution in [0.5, 0.6) is 0 Å². The third-order valence-corrected chi connectivity index (χ3v) is 3.91. The molecule has 0 saturated carbocycles. The van der Waals surface area contributed by atoms with Crippen molar-refractivity contribution in [2.24, 2.45) is 12.5 Å². The Morgan fingerprint density at radius 2 is 1.69 bits per heavy atom. The number of hydrogen-bond donors (Lipinski definition) is 1. The molecular formula is C20H24N2O4. The highest BCUT2D eigenvalue weighted by Crippen LogP contribution is 2.18. The predicted octanol–water partition coefficient (Wildman–Crippen LogP) is 3.44. The smallest absolute Gasteiger partial charge is 0.355 e. The van der Waals surface area contributed by atoms with Crippen molar-refractivity contribution in [1.29, 1.82) is 0 Å². The molecule has 0 saturated heterocycles. The van der Waals surface area contributed by atoms with Crippen molar-refractivity contribution < 1.29 is 19.1 Å². The number of rotatable bonds is 5. The van der Waals surface area contributed by atoms with Crippen molar-refractivity contribution in [3.05, 3.63) is 53.9 Å². The molecule has 0 unspecified atom stereocenters. The van der Waals surface area contributed by atoms with E-state index in [9.17, 15) is 14.4 Å². The van der Waals surface area contributed by atoms with E-state index in [4.69, 9.17) is 4.74 Å². The lowest BCUT2D eigenvalue weighted by molar-refractivity contribution is -0.123. The summed E-state index contributed by atoms with van der Waals surface area (Å²) in [6.45, 7) is 7.01. The van der Waals surface area contributed by atoms with Gasteiger partial charge in [0.2, 0.25) is 11.7 Å². The van der Waals surface area contributed by atoms with Gasteiger partial charge in [-0.05, 0) is 43.3 Å². The molecule has 138 valence electrons. The summed E-state index contributed by atoms with van der Waals surface area (Å²) in [6, 6.07) is 9.88. The molecule has 0 aliphatic rings. The Bertz CT molecular complexity index is 813. The molecule has 6 heteroatoms. The zero-order chi connectivity index (χ0) is 19.5. The van der Waals surface area contributed by atoms with E-state index in [1.54, 1.807) is 61.1 Å². The topological polar surface area (TPSA) is 77.4 Å². The number of ether oxygens (including phenoxy) is 1. The monoisotopic (exact) mass is 356 g/mol. The number of hydrogen-bond acceptors (Lipinski definition) is 4. The maximum absolute atomic E-state index is 12.5. The molecule has 1 amide bonds. The number of nitrogens with one attached hydrogen (secondary N) is 1. The largest absolute Gasteiger partial charge is 0.450 e. The van der Waals surface area contributed by atoms with Gasteiger partial charge in [0.05, 0.1) is 0 Å². The maximum Gasteiger partial charge on any atom is 0.355 e. The zero-order valence-corrected chi connectivity index (χ0v) is 15.7. The summed E-state index contributed by atoms with van der Waals surface area (Å²) in [6.07, 6.45) is 0.820. The van der Waals surface area contributed by atoms with Gasteiger partial charge >= 0.3 is 5.97 Å². The van der Waals surface area contributed by atoms with Crippen molar-refractivity contribution in [3.63, 3.8) is 0 Å². The number of carbonyl (C=O) groups excluding carboxylic acids is 3. The van der Waals surface area contributed by atoms with E-state index in [1.165, 1.54) is 0 Å². The fraction of sp³-hybridized carbons (Fsp3) is 0.350. The number of anilines is 1. The Kier molecular flexibility index (Phi) is 5.65. The molecule has 6 nitrogen and oxygen atoms in total. The van der Waals surface area contributed by atoms with E-state index in [1.807, 2.05) is 20.8 Å². The molecule has 0 aliphatic carbocycles. The van der Waals surface area contributed by atoms with Gasteiger partial charge in [-0.2, -0.15) is 0 Å². The van der Waals surface area contributed by atoms with Crippen molar-refractivity contribution >= 4 is 23.3 Å². The van der Waals surface area contributed by atoms with Crippen LogP contribution in [0.25, 0.3) is 0 Å². The van der Waals surface area contributed by atoms with Crippen LogP contribution < -0.4 is 5.32 Å². The summed E-state index contributed by atoms with van der Waals surface area (Å²) in [5, 5.41) is 2.80. The summed E-state index contributed by atoms with van der Waals surface area (Å²) < 4.78 is 6.88. The first kappa shape index (κ1) is 19.4. The first-order valence-corrected chi connectivity index (χ1v) is 8.37. The molecule has 1 N–H and O–H groups in total. The van der Waals surface area contributed by atoms with Gasteiger partial charge in [0, 0.05) is 29.9 Å². The van der Waals surface area contributed by atoms with Gasteiger partial charge < -0.3 is 14.6 Å². The number of amides is 1. The minimum atomic E-state index is -0.910. The maximum atomic E-state index is 12.5. The minimum absolute atomic E-state index is 0.110.